The first-order valence-electron chi connectivity index (χ1n) is 11.5. The normalized spacial score (nSPS) is 20.6. The molecule has 0 bridgehead atoms. The quantitative estimate of drug-likeness (QED) is 0.280. The van der Waals surface area contributed by atoms with E-state index in [0.29, 0.717) is 30.8 Å². The van der Waals surface area contributed by atoms with Crippen LogP contribution in [0.15, 0.2) is 24.3 Å². The molecule has 34 heavy (non-hydrogen) atoms. The second kappa shape index (κ2) is 14.6. The summed E-state index contributed by atoms with van der Waals surface area (Å²) in [5, 5.41) is 26.0. The topological polar surface area (TPSA) is 132 Å². The standard InChI is InChI=1S/C19H30O6.C6H14O3/c1-8-19(10-23-16(21)14(4)5)11-24-17(25-12-19)18(6,7)9-22-15(20)13(2)3;1-2-6(3-7,4-8)5-9/h17H,2,4,8-12H2,1,3,5-7H3;7-9H,2-5H2,1H3. The van der Waals surface area contributed by atoms with Gasteiger partial charge in [0.25, 0.3) is 0 Å². The number of aliphatic hydroxyl groups is 3. The lowest BCUT2D eigenvalue weighted by molar-refractivity contribution is -0.280. The molecule has 0 unspecified atom stereocenters. The van der Waals surface area contributed by atoms with E-state index in [1.165, 1.54) is 0 Å². The zero-order chi connectivity index (χ0) is 26.6. The van der Waals surface area contributed by atoms with Crippen molar-refractivity contribution in [2.75, 3.05) is 46.2 Å². The maximum Gasteiger partial charge on any atom is 0.333 e. The largest absolute Gasteiger partial charge is 0.462 e. The molecule has 0 aromatic heterocycles. The van der Waals surface area contributed by atoms with E-state index in [1.807, 2.05) is 27.7 Å². The van der Waals surface area contributed by atoms with E-state index in [-0.39, 0.29) is 38.4 Å². The average molecular weight is 489 g/mol. The Bertz CT molecular complexity index is 654. The lowest BCUT2D eigenvalue weighted by Gasteiger charge is -2.43. The zero-order valence-corrected chi connectivity index (χ0v) is 21.6. The summed E-state index contributed by atoms with van der Waals surface area (Å²) < 4.78 is 22.3. The molecule has 0 aromatic rings. The Labute approximate surface area is 203 Å². The van der Waals surface area contributed by atoms with Gasteiger partial charge >= 0.3 is 11.9 Å². The number of ether oxygens (including phenoxy) is 4. The Balaban J connectivity index is 0.00000102. The van der Waals surface area contributed by atoms with Crippen LogP contribution in [0.25, 0.3) is 0 Å². The molecule has 1 saturated heterocycles. The molecule has 0 aliphatic carbocycles. The van der Waals surface area contributed by atoms with Crippen molar-refractivity contribution in [1.82, 2.24) is 0 Å². The smallest absolute Gasteiger partial charge is 0.333 e. The molecular formula is C25H44O9. The van der Waals surface area contributed by atoms with Gasteiger partial charge in [-0.2, -0.15) is 0 Å². The van der Waals surface area contributed by atoms with E-state index in [4.69, 9.17) is 34.3 Å². The van der Waals surface area contributed by atoms with Crippen molar-refractivity contribution in [2.24, 2.45) is 16.2 Å². The number of aliphatic hydroxyl groups excluding tert-OH is 3. The first kappa shape index (κ1) is 32.2. The third-order valence-electron chi connectivity index (χ3n) is 6.01. The first-order valence-corrected chi connectivity index (χ1v) is 11.5. The van der Waals surface area contributed by atoms with Gasteiger partial charge in [-0.3, -0.25) is 0 Å². The summed E-state index contributed by atoms with van der Waals surface area (Å²) in [5.74, 6) is -0.847. The Morgan fingerprint density at radius 3 is 1.71 bits per heavy atom. The molecule has 9 nitrogen and oxygen atoms in total. The molecule has 0 spiro atoms. The molecule has 1 aliphatic rings. The van der Waals surface area contributed by atoms with Crippen LogP contribution in [0.5, 0.6) is 0 Å². The minimum absolute atomic E-state index is 0.156. The van der Waals surface area contributed by atoms with Crippen molar-refractivity contribution in [3.05, 3.63) is 24.3 Å². The number of carbonyl (C=O) groups excluding carboxylic acids is 2. The van der Waals surface area contributed by atoms with Gasteiger partial charge in [-0.05, 0) is 26.7 Å². The molecule has 9 heteroatoms. The maximum atomic E-state index is 11.6. The second-order valence-corrected chi connectivity index (χ2v) is 9.84. The van der Waals surface area contributed by atoms with Gasteiger partial charge in [-0.25, -0.2) is 9.59 Å². The second-order valence-electron chi connectivity index (χ2n) is 9.84. The lowest BCUT2D eigenvalue weighted by Crippen LogP contribution is -2.50. The lowest BCUT2D eigenvalue weighted by atomic mass is 9.85. The van der Waals surface area contributed by atoms with Crippen LogP contribution in [0.4, 0.5) is 0 Å². The molecule has 0 atom stereocenters. The van der Waals surface area contributed by atoms with Crippen LogP contribution in [0, 0.1) is 16.2 Å². The van der Waals surface area contributed by atoms with E-state index in [9.17, 15) is 9.59 Å². The molecular weight excluding hydrogens is 444 g/mol. The molecule has 0 saturated carbocycles. The monoisotopic (exact) mass is 488 g/mol. The minimum atomic E-state index is -0.667. The Kier molecular flexibility index (Phi) is 13.8. The molecule has 1 heterocycles. The van der Waals surface area contributed by atoms with Crippen molar-refractivity contribution in [1.29, 1.82) is 0 Å². The third kappa shape index (κ3) is 9.84. The predicted octanol–water partition coefficient (Wildman–Crippen LogP) is 2.38. The summed E-state index contributed by atoms with van der Waals surface area (Å²) in [6.07, 6.45) is 0.826. The van der Waals surface area contributed by atoms with Crippen LogP contribution >= 0.6 is 0 Å². The molecule has 1 rings (SSSR count). The zero-order valence-electron chi connectivity index (χ0n) is 21.6. The van der Waals surface area contributed by atoms with Crippen LogP contribution in [-0.2, 0) is 28.5 Å². The van der Waals surface area contributed by atoms with Crippen LogP contribution in [-0.4, -0.2) is 79.8 Å². The summed E-state index contributed by atoms with van der Waals surface area (Å²) >= 11 is 0. The van der Waals surface area contributed by atoms with E-state index in [1.54, 1.807) is 13.8 Å². The summed E-state index contributed by atoms with van der Waals surface area (Å²) in [6, 6.07) is 0. The van der Waals surface area contributed by atoms with Gasteiger partial charge in [0.1, 0.15) is 13.2 Å². The number of hydrogen-bond acceptors (Lipinski definition) is 9. The van der Waals surface area contributed by atoms with Gasteiger partial charge in [-0.1, -0.05) is 40.9 Å². The van der Waals surface area contributed by atoms with Crippen molar-refractivity contribution in [3.63, 3.8) is 0 Å². The number of esters is 2. The molecule has 1 aliphatic heterocycles. The van der Waals surface area contributed by atoms with Crippen LogP contribution in [0.1, 0.15) is 54.4 Å². The molecule has 3 N–H and O–H groups in total. The van der Waals surface area contributed by atoms with Crippen molar-refractivity contribution in [3.8, 4) is 0 Å². The molecule has 0 amide bonds. The number of carbonyl (C=O) groups is 2. The summed E-state index contributed by atoms with van der Waals surface area (Å²) in [6.45, 7) is 18.7. The SMILES string of the molecule is C=C(C)C(=O)OCC1(CC)COC(C(C)(C)COC(=O)C(=C)C)OC1.CCC(CO)(CO)CO. The van der Waals surface area contributed by atoms with E-state index < -0.39 is 29.1 Å². The fourth-order valence-electron chi connectivity index (χ4n) is 2.71. The van der Waals surface area contributed by atoms with Crippen LogP contribution in [0.3, 0.4) is 0 Å². The van der Waals surface area contributed by atoms with Crippen LogP contribution in [0.2, 0.25) is 0 Å². The highest BCUT2D eigenvalue weighted by molar-refractivity contribution is 5.87. The fourth-order valence-corrected chi connectivity index (χ4v) is 2.71. The fraction of sp³-hybridized carbons (Fsp3) is 0.760. The number of rotatable bonds is 12. The van der Waals surface area contributed by atoms with Gasteiger partial charge in [-0.15, -0.1) is 0 Å². The highest BCUT2D eigenvalue weighted by Gasteiger charge is 2.43. The van der Waals surface area contributed by atoms with Gasteiger partial charge in [0.15, 0.2) is 6.29 Å². The Hall–Kier alpha value is -1.78. The third-order valence-corrected chi connectivity index (χ3v) is 6.01. The minimum Gasteiger partial charge on any atom is -0.462 e. The van der Waals surface area contributed by atoms with E-state index >= 15 is 0 Å². The summed E-state index contributed by atoms with van der Waals surface area (Å²) in [7, 11) is 0. The molecule has 0 radical (unpaired) electrons. The predicted molar refractivity (Wildman–Crippen MR) is 128 cm³/mol. The maximum absolute atomic E-state index is 11.6. The summed E-state index contributed by atoms with van der Waals surface area (Å²) in [4.78, 5) is 23.2. The van der Waals surface area contributed by atoms with Crippen molar-refractivity contribution in [2.45, 2.75) is 60.7 Å². The first-order chi connectivity index (χ1) is 15.8. The van der Waals surface area contributed by atoms with E-state index in [0.717, 1.165) is 6.42 Å². The average Bonchev–Trinajstić information content (AvgIpc) is 2.83. The number of hydrogen-bond donors (Lipinski definition) is 3. The van der Waals surface area contributed by atoms with Gasteiger partial charge in [0.05, 0.1) is 38.4 Å². The molecule has 0 aromatic carbocycles. The van der Waals surface area contributed by atoms with Crippen molar-refractivity contribution < 1.29 is 43.9 Å². The Morgan fingerprint density at radius 2 is 1.38 bits per heavy atom. The molecule has 1 fully saturated rings. The molecule has 198 valence electrons. The van der Waals surface area contributed by atoms with Crippen molar-refractivity contribution >= 4 is 11.9 Å². The van der Waals surface area contributed by atoms with Gasteiger partial charge < -0.3 is 34.3 Å². The van der Waals surface area contributed by atoms with Crippen LogP contribution < -0.4 is 0 Å². The van der Waals surface area contributed by atoms with Gasteiger partial charge in [0.2, 0.25) is 0 Å². The highest BCUT2D eigenvalue weighted by atomic mass is 16.7. The van der Waals surface area contributed by atoms with E-state index in [2.05, 4.69) is 13.2 Å². The Morgan fingerprint density at radius 1 is 0.941 bits per heavy atom. The summed E-state index contributed by atoms with van der Waals surface area (Å²) in [5.41, 5.74) is -0.848. The van der Waals surface area contributed by atoms with Gasteiger partial charge in [0, 0.05) is 22.0 Å². The highest BCUT2D eigenvalue weighted by Crippen LogP contribution is 2.35.